The number of aromatic amines is 1. The third-order valence-corrected chi connectivity index (χ3v) is 5.42. The number of amides is 1. The van der Waals surface area contributed by atoms with Crippen LogP contribution < -0.4 is 0 Å². The molecule has 0 unspecified atom stereocenters. The van der Waals surface area contributed by atoms with E-state index in [1.54, 1.807) is 6.92 Å². The van der Waals surface area contributed by atoms with Crippen LogP contribution in [-0.4, -0.2) is 40.0 Å². The molecule has 140 valence electrons. The van der Waals surface area contributed by atoms with Gasteiger partial charge < -0.3 is 19.4 Å². The molecule has 0 atom stereocenters. The van der Waals surface area contributed by atoms with Crippen LogP contribution in [0.1, 0.15) is 46.0 Å². The molecule has 0 spiro atoms. The molecule has 4 rings (SSSR count). The average molecular weight is 366 g/mol. The summed E-state index contributed by atoms with van der Waals surface area (Å²) in [5, 5.41) is 10.3. The first kappa shape index (κ1) is 17.4. The number of piperidine rings is 1. The SMILES string of the molecule is Cc1coc(CC(=O)O)c1C(=O)N1CCC(c2c[nH]c3ccccc23)CC1. The van der Waals surface area contributed by atoms with Gasteiger partial charge in [-0.3, -0.25) is 9.59 Å². The van der Waals surface area contributed by atoms with Crippen molar-refractivity contribution in [3.8, 4) is 0 Å². The number of para-hydroxylation sites is 1. The fourth-order valence-electron chi connectivity index (χ4n) is 4.04. The number of carboxylic acid groups (broad SMARTS) is 1. The molecule has 27 heavy (non-hydrogen) atoms. The Labute approximate surface area is 156 Å². The van der Waals surface area contributed by atoms with E-state index in [1.807, 2.05) is 17.0 Å². The number of likely N-dealkylation sites (tertiary alicyclic amines) is 1. The molecule has 1 amide bonds. The Morgan fingerprint density at radius 2 is 2.00 bits per heavy atom. The zero-order valence-corrected chi connectivity index (χ0v) is 15.2. The lowest BCUT2D eigenvalue weighted by Crippen LogP contribution is -2.38. The molecule has 6 heteroatoms. The standard InChI is InChI=1S/C21H22N2O4/c1-13-12-27-18(10-19(24)25)20(13)21(26)23-8-6-14(7-9-23)16-11-22-17-5-3-2-4-15(16)17/h2-5,11-12,14,22H,6-10H2,1H3,(H,24,25). The molecule has 2 aromatic heterocycles. The molecular weight excluding hydrogens is 344 g/mol. The molecule has 1 fully saturated rings. The number of carbonyl (C=O) groups excluding carboxylic acids is 1. The largest absolute Gasteiger partial charge is 0.481 e. The number of rotatable bonds is 4. The molecule has 1 saturated heterocycles. The number of furan rings is 1. The topological polar surface area (TPSA) is 86.5 Å². The first-order chi connectivity index (χ1) is 13.0. The number of hydrogen-bond acceptors (Lipinski definition) is 3. The first-order valence-electron chi connectivity index (χ1n) is 9.18. The van der Waals surface area contributed by atoms with E-state index in [0.29, 0.717) is 30.1 Å². The Morgan fingerprint density at radius 1 is 1.26 bits per heavy atom. The van der Waals surface area contributed by atoms with E-state index >= 15 is 0 Å². The van der Waals surface area contributed by atoms with Crippen LogP contribution >= 0.6 is 0 Å². The number of fused-ring (bicyclic) bond motifs is 1. The second-order valence-electron chi connectivity index (χ2n) is 7.14. The van der Waals surface area contributed by atoms with Crippen molar-refractivity contribution in [3.63, 3.8) is 0 Å². The summed E-state index contributed by atoms with van der Waals surface area (Å²) in [4.78, 5) is 29.1. The van der Waals surface area contributed by atoms with Crippen LogP contribution in [0.2, 0.25) is 0 Å². The van der Waals surface area contributed by atoms with Crippen molar-refractivity contribution in [1.82, 2.24) is 9.88 Å². The fraction of sp³-hybridized carbons (Fsp3) is 0.333. The summed E-state index contributed by atoms with van der Waals surface area (Å²) in [5.41, 5.74) is 3.54. The van der Waals surface area contributed by atoms with E-state index in [-0.39, 0.29) is 18.1 Å². The molecule has 0 bridgehead atoms. The zero-order chi connectivity index (χ0) is 19.0. The van der Waals surface area contributed by atoms with Gasteiger partial charge in [-0.25, -0.2) is 0 Å². The van der Waals surface area contributed by atoms with Crippen molar-refractivity contribution in [2.45, 2.75) is 32.1 Å². The number of benzene rings is 1. The predicted molar refractivity (Wildman–Crippen MR) is 101 cm³/mol. The van der Waals surface area contributed by atoms with E-state index in [2.05, 4.69) is 23.3 Å². The molecule has 3 aromatic rings. The molecule has 2 N–H and O–H groups in total. The summed E-state index contributed by atoms with van der Waals surface area (Å²) in [6.45, 7) is 3.08. The molecule has 0 radical (unpaired) electrons. The number of carboxylic acids is 1. The van der Waals surface area contributed by atoms with Gasteiger partial charge in [0.15, 0.2) is 0 Å². The highest BCUT2D eigenvalue weighted by Crippen LogP contribution is 2.34. The minimum atomic E-state index is -1.00. The maximum Gasteiger partial charge on any atom is 0.311 e. The Balaban J connectivity index is 1.49. The van der Waals surface area contributed by atoms with Crippen LogP contribution in [-0.2, 0) is 11.2 Å². The molecule has 6 nitrogen and oxygen atoms in total. The summed E-state index contributed by atoms with van der Waals surface area (Å²) in [6, 6.07) is 8.27. The van der Waals surface area contributed by atoms with E-state index in [4.69, 9.17) is 9.52 Å². The van der Waals surface area contributed by atoms with Crippen LogP contribution in [0.25, 0.3) is 10.9 Å². The van der Waals surface area contributed by atoms with Crippen LogP contribution in [0, 0.1) is 6.92 Å². The van der Waals surface area contributed by atoms with Crippen LogP contribution in [0.15, 0.2) is 41.1 Å². The second-order valence-corrected chi connectivity index (χ2v) is 7.14. The number of nitrogens with zero attached hydrogens (tertiary/aromatic N) is 1. The first-order valence-corrected chi connectivity index (χ1v) is 9.18. The van der Waals surface area contributed by atoms with Crippen molar-refractivity contribution in [2.75, 3.05) is 13.1 Å². The van der Waals surface area contributed by atoms with E-state index in [9.17, 15) is 9.59 Å². The number of aliphatic carboxylic acids is 1. The Bertz CT molecular complexity index is 993. The Kier molecular flexibility index (Phi) is 4.48. The maximum absolute atomic E-state index is 13.0. The van der Waals surface area contributed by atoms with Gasteiger partial charge in [-0.2, -0.15) is 0 Å². The average Bonchev–Trinajstić information content (AvgIpc) is 3.25. The van der Waals surface area contributed by atoms with Gasteiger partial charge in [-0.15, -0.1) is 0 Å². The van der Waals surface area contributed by atoms with E-state index in [1.165, 1.54) is 17.2 Å². The lowest BCUT2D eigenvalue weighted by Gasteiger charge is -2.32. The van der Waals surface area contributed by atoms with Gasteiger partial charge in [0.1, 0.15) is 12.2 Å². The maximum atomic E-state index is 13.0. The number of H-pyrrole nitrogens is 1. The summed E-state index contributed by atoms with van der Waals surface area (Å²) < 4.78 is 5.31. The van der Waals surface area contributed by atoms with Crippen LogP contribution in [0.3, 0.4) is 0 Å². The molecule has 1 aliphatic rings. The van der Waals surface area contributed by atoms with Gasteiger partial charge >= 0.3 is 5.97 Å². The lowest BCUT2D eigenvalue weighted by atomic mass is 9.89. The molecule has 3 heterocycles. The lowest BCUT2D eigenvalue weighted by molar-refractivity contribution is -0.136. The highest BCUT2D eigenvalue weighted by Gasteiger charge is 2.29. The van der Waals surface area contributed by atoms with E-state index in [0.717, 1.165) is 18.4 Å². The summed E-state index contributed by atoms with van der Waals surface area (Å²) in [7, 11) is 0. The van der Waals surface area contributed by atoms with Gasteiger partial charge in [0, 0.05) is 35.8 Å². The van der Waals surface area contributed by atoms with Crippen molar-refractivity contribution in [1.29, 1.82) is 0 Å². The van der Waals surface area contributed by atoms with Gasteiger partial charge in [-0.1, -0.05) is 18.2 Å². The van der Waals surface area contributed by atoms with Crippen LogP contribution in [0.5, 0.6) is 0 Å². The van der Waals surface area contributed by atoms with Crippen molar-refractivity contribution >= 4 is 22.8 Å². The number of hydrogen-bond donors (Lipinski definition) is 2. The fourth-order valence-corrected chi connectivity index (χ4v) is 4.04. The number of nitrogens with one attached hydrogen (secondary N) is 1. The minimum Gasteiger partial charge on any atom is -0.481 e. The highest BCUT2D eigenvalue weighted by atomic mass is 16.4. The molecular formula is C21H22N2O4. The minimum absolute atomic E-state index is 0.130. The Morgan fingerprint density at radius 3 is 2.74 bits per heavy atom. The van der Waals surface area contributed by atoms with Gasteiger partial charge in [0.2, 0.25) is 0 Å². The van der Waals surface area contributed by atoms with Crippen molar-refractivity contribution < 1.29 is 19.1 Å². The summed E-state index contributed by atoms with van der Waals surface area (Å²) >= 11 is 0. The quantitative estimate of drug-likeness (QED) is 0.737. The van der Waals surface area contributed by atoms with Gasteiger partial charge in [0.05, 0.1) is 11.8 Å². The van der Waals surface area contributed by atoms with E-state index < -0.39 is 5.97 Å². The number of aryl methyl sites for hydroxylation is 1. The molecule has 0 saturated carbocycles. The Hall–Kier alpha value is -3.02. The highest BCUT2D eigenvalue weighted by molar-refractivity contribution is 5.97. The van der Waals surface area contributed by atoms with Gasteiger partial charge in [-0.05, 0) is 37.3 Å². The van der Waals surface area contributed by atoms with Crippen molar-refractivity contribution in [3.05, 3.63) is 59.2 Å². The molecule has 1 aliphatic heterocycles. The predicted octanol–water partition coefficient (Wildman–Crippen LogP) is 3.72. The summed E-state index contributed by atoms with van der Waals surface area (Å²) in [5.74, 6) is -0.482. The number of carbonyl (C=O) groups is 2. The zero-order valence-electron chi connectivity index (χ0n) is 15.2. The third kappa shape index (κ3) is 3.23. The smallest absolute Gasteiger partial charge is 0.311 e. The normalized spacial score (nSPS) is 15.4. The molecule has 0 aliphatic carbocycles. The summed E-state index contributed by atoms with van der Waals surface area (Å²) in [6.07, 6.45) is 5.04. The monoisotopic (exact) mass is 366 g/mol. The third-order valence-electron chi connectivity index (χ3n) is 5.42. The molecule has 1 aromatic carbocycles. The van der Waals surface area contributed by atoms with Gasteiger partial charge in [0.25, 0.3) is 5.91 Å². The van der Waals surface area contributed by atoms with Crippen molar-refractivity contribution in [2.24, 2.45) is 0 Å². The van der Waals surface area contributed by atoms with Crippen LogP contribution in [0.4, 0.5) is 0 Å². The number of aromatic nitrogens is 1. The second kappa shape index (κ2) is 6.95.